The first kappa shape index (κ1) is 90.1. The maximum atomic E-state index is 14.8. The Labute approximate surface area is 622 Å². The quantitative estimate of drug-likeness (QED) is 0.00487. The molecule has 8 amide bonds. The largest absolute Gasteiger partial charge is 0.508 e. The number of phenols is 1. The Hall–Kier alpha value is -11.3. The first-order valence-electron chi connectivity index (χ1n) is 34.0. The summed E-state index contributed by atoms with van der Waals surface area (Å²) in [7, 11) is 1.22. The lowest BCUT2D eigenvalue weighted by molar-refractivity contribution is -0.136. The molecule has 2 aliphatic rings. The van der Waals surface area contributed by atoms with Gasteiger partial charge >= 0.3 is 5.97 Å². The number of benzene rings is 3. The summed E-state index contributed by atoms with van der Waals surface area (Å²) < 4.78 is 5.89. The fraction of sp³-hybridized carbons (Fsp3) is 0.463. The number of primary amides is 2. The van der Waals surface area contributed by atoms with E-state index in [2.05, 4.69) is 84.7 Å². The van der Waals surface area contributed by atoms with Crippen LogP contribution in [0.25, 0.3) is 33.4 Å². The third-order valence-corrected chi connectivity index (χ3v) is 16.1. The molecule has 1 heterocycles. The second-order valence-corrected chi connectivity index (χ2v) is 25.3. The molecule has 0 fully saturated rings. The highest BCUT2D eigenvalue weighted by atomic mass is 16.4. The van der Waals surface area contributed by atoms with Gasteiger partial charge in [-0.15, -0.1) is 0 Å². The van der Waals surface area contributed by atoms with Gasteiger partial charge in [0, 0.05) is 60.6 Å². The van der Waals surface area contributed by atoms with Gasteiger partial charge in [-0.2, -0.15) is 0 Å². The number of carbonyl (C=O) groups excluding carboxylic acids is 15. The van der Waals surface area contributed by atoms with E-state index in [1.807, 2.05) is 0 Å². The van der Waals surface area contributed by atoms with Gasteiger partial charge in [-0.05, 0) is 85.9 Å². The number of aromatic hydroxyl groups is 1. The molecule has 2 unspecified atom stereocenters. The molecule has 42 heteroatoms. The number of likely N-dealkylation sites (N-methyl/N-ethyl adjacent to an activating group) is 1. The summed E-state index contributed by atoms with van der Waals surface area (Å²) in [6.07, 6.45) is -18.3. The molecule has 14 atom stereocenters. The molecule has 27 N–H and O–H groups in total. The average molecular weight is 1530 g/mol. The predicted octanol–water partition coefficient (Wildman–Crippen LogP) is -8.34. The number of hydrogen-bond acceptors (Lipinski definition) is 31. The number of nitrogens with two attached hydrogens (primary N) is 4. The molecule has 42 nitrogen and oxygen atoms in total. The van der Waals surface area contributed by atoms with Gasteiger partial charge in [0.15, 0.2) is 29.9 Å². The lowest BCUT2D eigenvalue weighted by Gasteiger charge is -2.34. The van der Waals surface area contributed by atoms with Crippen LogP contribution in [0.4, 0.5) is 0 Å². The Morgan fingerprint density at radius 2 is 1.05 bits per heavy atom. The summed E-state index contributed by atoms with van der Waals surface area (Å²) in [4.78, 5) is 226. The maximum absolute atomic E-state index is 14.8. The number of guanidine groups is 1. The lowest BCUT2D eigenvalue weighted by atomic mass is 9.90. The summed E-state index contributed by atoms with van der Waals surface area (Å²) in [6, 6.07) is 4.36. The minimum atomic E-state index is -2.41. The van der Waals surface area contributed by atoms with Crippen molar-refractivity contribution in [3.8, 4) is 28.2 Å². The van der Waals surface area contributed by atoms with Crippen LogP contribution in [0.3, 0.4) is 0 Å². The molecular formula is C67H94N20O22. The SMILES string of the molecule is CNC(=O)[C@H](NC(O)[C@H](NC(=O)[C@@H](NC(=O)[C@@H](NCC=O)NC(=O)[C@H](NC(O)[C@H](NC(=O)[C@H](NCC=O)NC(=O)c1ccc(-c2c3ccc(=O)cc-3oc3cc(O)ccc23)c(C(=O)O)c1)N[C@@H](C=O)CCC(N)=O)N[C@@H](C=O)C(C)C)N[C@@H](C=O)CCCN=C(N)N)N[C@@H](C=O)CCC(N)=O)N[C@@H](C=O)CC(C)C. The van der Waals surface area contributed by atoms with Crippen LogP contribution < -0.4 is 108 Å². The molecule has 0 saturated heterocycles. The number of carboxylic acid groups (broad SMARTS) is 1. The number of nitrogens with zero attached hydrogens (tertiary/aromatic N) is 1. The van der Waals surface area contributed by atoms with Crippen molar-refractivity contribution < 1.29 is 102 Å². The van der Waals surface area contributed by atoms with Crippen LogP contribution in [0.5, 0.6) is 5.75 Å². The molecule has 0 bridgehead atoms. The van der Waals surface area contributed by atoms with Crippen molar-refractivity contribution in [1.82, 2.24) is 79.8 Å². The van der Waals surface area contributed by atoms with E-state index in [-0.39, 0.29) is 108 Å². The number of hydrogen-bond donors (Lipinski definition) is 23. The van der Waals surface area contributed by atoms with E-state index >= 15 is 0 Å². The van der Waals surface area contributed by atoms with Gasteiger partial charge in [-0.25, -0.2) is 4.79 Å². The normalized spacial score (nSPS) is 15.2. The Balaban J connectivity index is 1.80. The van der Waals surface area contributed by atoms with Crippen molar-refractivity contribution in [2.24, 2.45) is 39.8 Å². The highest BCUT2D eigenvalue weighted by Crippen LogP contribution is 2.42. The Kier molecular flexibility index (Phi) is 37.5. The van der Waals surface area contributed by atoms with Crippen LogP contribution in [0.15, 0.2) is 68.8 Å². The number of fused-ring (bicyclic) bond motifs is 2. The molecule has 0 aromatic heterocycles. The molecule has 1 aliphatic heterocycles. The molecule has 1 aliphatic carbocycles. The second kappa shape index (κ2) is 45.4. The summed E-state index contributed by atoms with van der Waals surface area (Å²) >= 11 is 0. The maximum Gasteiger partial charge on any atom is 0.336 e. The first-order chi connectivity index (χ1) is 51.7. The van der Waals surface area contributed by atoms with Crippen molar-refractivity contribution in [2.75, 3.05) is 26.7 Å². The van der Waals surface area contributed by atoms with E-state index in [4.69, 9.17) is 27.4 Å². The zero-order chi connectivity index (χ0) is 81.2. The number of aliphatic hydroxyl groups is 2. The van der Waals surface area contributed by atoms with Crippen molar-refractivity contribution >= 4 is 114 Å². The van der Waals surface area contributed by atoms with Gasteiger partial charge in [-0.3, -0.25) is 96.0 Å². The van der Waals surface area contributed by atoms with Crippen LogP contribution >= 0.6 is 0 Å². The standard InChI is InChI=1S/C67H94N20O22/c1-32(2)23-38(30-93)79-53(59(100)72-5)83-62(103)56(78-37(29-92)10-17-49(69)98)86-63(104)54(76-35(27-90)7-6-18-75-67(70)71)84-61(102)52(74-20-22-89)82-65(106)57(80-45(31-94)33(3)4)87-64(105)55(77-36(28-91)9-16-48(68)97)85-60(101)51(73-19-21-88)81-58(99)34-8-13-41(44(24-34)66(107)108)50-42-14-11-39(95)25-46(42)109-47-26-40(96)12-15-43(47)50/h8,11-15,21-22,24-33,35-38,45,51-57,62,64,73-74,76-80,83,87,95,103,105H,6-7,9-10,16-20,23H2,1-5H3,(H2,68,97)(H2,69,98)(H,72,100)(H,81,99)(H,82,106)(H,84,102)(H,85,101)(H,86,104)(H,107,108)(H4,70,71,75)/t35-,36-,37-,38-,45+,51-,52+,53+,54-,55+,56+,57+,62?,64?/m1/s1. The number of amides is 8. The smallest absolute Gasteiger partial charge is 0.336 e. The molecule has 594 valence electrons. The molecule has 2 aromatic rings. The van der Waals surface area contributed by atoms with Crippen LogP contribution in [-0.2, 0) is 67.1 Å². The van der Waals surface area contributed by atoms with Crippen LogP contribution in [0, 0.1) is 11.8 Å². The van der Waals surface area contributed by atoms with Crippen molar-refractivity contribution in [3.63, 3.8) is 0 Å². The first-order valence-corrected chi connectivity index (χ1v) is 34.0. The lowest BCUT2D eigenvalue weighted by Crippen LogP contribution is -2.71. The van der Waals surface area contributed by atoms with E-state index in [0.29, 0.717) is 18.9 Å². The molecule has 0 spiro atoms. The number of aliphatic imine (C=N–C) groups is 1. The number of phenolic OH excluding ortho intramolecular Hbond substituents is 1. The van der Waals surface area contributed by atoms with E-state index < -0.39 is 194 Å². The number of carboxylic acids is 1. The summed E-state index contributed by atoms with van der Waals surface area (Å²) in [5, 5.41) is 81.9. The summed E-state index contributed by atoms with van der Waals surface area (Å²) in [5.41, 5.74) is 20.8. The summed E-state index contributed by atoms with van der Waals surface area (Å²) in [5.74, 6) is -12.3. The fourth-order valence-corrected chi connectivity index (χ4v) is 10.6. The van der Waals surface area contributed by atoms with Gasteiger partial charge in [-0.1, -0.05) is 33.8 Å². The number of nitrogens with one attached hydrogen (secondary N) is 15. The second-order valence-electron chi connectivity index (χ2n) is 25.3. The number of aldehydes is 7. The van der Waals surface area contributed by atoms with Gasteiger partial charge in [0.2, 0.25) is 11.8 Å². The average Bonchev–Trinajstić information content (AvgIpc) is 0.747. The molecule has 109 heavy (non-hydrogen) atoms. The van der Waals surface area contributed by atoms with Crippen molar-refractivity contribution in [2.45, 2.75) is 158 Å². The van der Waals surface area contributed by atoms with Gasteiger partial charge in [0.25, 0.3) is 35.4 Å². The molecule has 0 saturated carbocycles. The van der Waals surface area contributed by atoms with Crippen molar-refractivity contribution in [1.29, 1.82) is 0 Å². The number of rotatable bonds is 53. The van der Waals surface area contributed by atoms with Crippen molar-refractivity contribution in [3.05, 3.63) is 75.9 Å². The van der Waals surface area contributed by atoms with Crippen LogP contribution in [-0.4, -0.2) is 236 Å². The van der Waals surface area contributed by atoms with Crippen LogP contribution in [0.2, 0.25) is 0 Å². The number of carbonyl (C=O) groups is 16. The highest BCUT2D eigenvalue weighted by molar-refractivity contribution is 6.09. The van der Waals surface area contributed by atoms with Gasteiger partial charge < -0.3 is 113 Å². The fourth-order valence-electron chi connectivity index (χ4n) is 10.6. The monoisotopic (exact) mass is 1530 g/mol. The zero-order valence-electron chi connectivity index (χ0n) is 59.9. The zero-order valence-corrected chi connectivity index (χ0v) is 59.9. The minimum Gasteiger partial charge on any atom is -0.508 e. The topological polar surface area (TPSA) is 681 Å². The Morgan fingerprint density at radius 3 is 1.55 bits per heavy atom. The summed E-state index contributed by atoms with van der Waals surface area (Å²) in [6.45, 7) is 5.04. The van der Waals surface area contributed by atoms with E-state index in [1.165, 1.54) is 63.4 Å². The Morgan fingerprint density at radius 1 is 0.541 bits per heavy atom. The van der Waals surface area contributed by atoms with Crippen LogP contribution in [0.1, 0.15) is 93.4 Å². The van der Waals surface area contributed by atoms with E-state index in [1.54, 1.807) is 13.8 Å². The molecule has 4 rings (SSSR count). The third-order valence-electron chi connectivity index (χ3n) is 16.1. The highest BCUT2D eigenvalue weighted by Gasteiger charge is 2.38. The van der Waals surface area contributed by atoms with E-state index in [9.17, 15) is 102 Å². The molecule has 0 radical (unpaired) electrons. The Bertz CT molecular complexity index is 3910. The predicted molar refractivity (Wildman–Crippen MR) is 386 cm³/mol. The minimum absolute atomic E-state index is 0.00857. The van der Waals surface area contributed by atoms with E-state index in [0.717, 1.165) is 12.1 Å². The number of aliphatic hydroxyl groups excluding tert-OH is 2. The van der Waals surface area contributed by atoms with Gasteiger partial charge in [0.05, 0.1) is 48.9 Å². The number of aromatic carboxylic acids is 1. The molecule has 2 aromatic carbocycles. The third kappa shape index (κ3) is 29.1. The van der Waals surface area contributed by atoms with Gasteiger partial charge in [0.1, 0.15) is 98.2 Å². The molecular weight excluding hydrogens is 1440 g/mol.